The number of hydrogen-bond donors (Lipinski definition) is 2. The Morgan fingerprint density at radius 2 is 1.61 bits per heavy atom. The predicted molar refractivity (Wildman–Crippen MR) is 95.5 cm³/mol. The number of halogens is 1. The molecule has 0 fully saturated rings. The van der Waals surface area contributed by atoms with Gasteiger partial charge in [-0.2, -0.15) is 4.98 Å². The van der Waals surface area contributed by atoms with E-state index in [0.29, 0.717) is 0 Å². The third kappa shape index (κ3) is 15.1. The summed E-state index contributed by atoms with van der Waals surface area (Å²) in [6.45, 7) is -0.751. The Balaban J connectivity index is -0.00000225. The van der Waals surface area contributed by atoms with E-state index in [0.717, 1.165) is 0 Å². The SMILES string of the molecule is Nc1nc2c(nc(Br)n2CC(COCCP(=O)([O-])[O-])COCP(=O)([O-])[O-])c(=O)[nH]1.[Na+].[Na+].[Na+].[Na+]. The Bertz CT molecular complexity index is 1020. The van der Waals surface area contributed by atoms with Crippen molar-refractivity contribution in [2.45, 2.75) is 6.54 Å². The molecule has 0 radical (unpaired) electrons. The number of H-pyrrole nitrogens is 1. The second-order valence-electron chi connectivity index (χ2n) is 6.00. The van der Waals surface area contributed by atoms with Crippen LogP contribution in [0.25, 0.3) is 11.2 Å². The van der Waals surface area contributed by atoms with Gasteiger partial charge in [0.25, 0.3) is 5.56 Å². The summed E-state index contributed by atoms with van der Waals surface area (Å²) in [7, 11) is -9.63. The molecule has 0 saturated heterocycles. The summed E-state index contributed by atoms with van der Waals surface area (Å²) in [6, 6.07) is 0. The maximum absolute atomic E-state index is 11.9. The van der Waals surface area contributed by atoms with Gasteiger partial charge in [-0.3, -0.25) is 9.78 Å². The molecule has 164 valence electrons. The van der Waals surface area contributed by atoms with Crippen LogP contribution in [-0.4, -0.2) is 51.8 Å². The van der Waals surface area contributed by atoms with Crippen LogP contribution in [0, 0.1) is 5.92 Å². The summed E-state index contributed by atoms with van der Waals surface area (Å²) >= 11 is 3.18. The molecule has 2 heterocycles. The van der Waals surface area contributed by atoms with Gasteiger partial charge in [0.15, 0.2) is 15.9 Å². The van der Waals surface area contributed by atoms with Crippen LogP contribution in [-0.2, 0) is 25.1 Å². The number of fused-ring (bicyclic) bond motifs is 1. The van der Waals surface area contributed by atoms with Crippen molar-refractivity contribution in [3.05, 3.63) is 15.1 Å². The number of nitrogens with two attached hydrogens (primary N) is 1. The van der Waals surface area contributed by atoms with Gasteiger partial charge < -0.3 is 48.5 Å². The van der Waals surface area contributed by atoms with Crippen molar-refractivity contribution in [3.63, 3.8) is 0 Å². The van der Waals surface area contributed by atoms with Gasteiger partial charge in [0, 0.05) is 12.5 Å². The minimum absolute atomic E-state index is 0. The maximum atomic E-state index is 11.9. The summed E-state index contributed by atoms with van der Waals surface area (Å²) in [6.07, 6.45) is -1.77. The molecule has 1 atom stereocenters. The van der Waals surface area contributed by atoms with Gasteiger partial charge >= 0.3 is 118 Å². The normalized spacial score (nSPS) is 12.2. The molecule has 2 rings (SSSR count). The van der Waals surface area contributed by atoms with E-state index < -0.39 is 39.2 Å². The number of anilines is 1. The second kappa shape index (κ2) is 18.2. The molecule has 0 spiro atoms. The molecule has 3 N–H and O–H groups in total. The monoisotopic (exact) mass is 607 g/mol. The third-order valence-electron chi connectivity index (χ3n) is 3.48. The van der Waals surface area contributed by atoms with E-state index >= 15 is 0 Å². The van der Waals surface area contributed by atoms with E-state index in [-0.39, 0.29) is 166 Å². The Hall–Kier alpha value is 2.85. The molecule has 1 unspecified atom stereocenters. The zero-order valence-corrected chi connectivity index (χ0v) is 30.1. The van der Waals surface area contributed by atoms with E-state index in [1.54, 1.807) is 0 Å². The van der Waals surface area contributed by atoms with Crippen molar-refractivity contribution in [2.75, 3.05) is 38.1 Å². The first-order chi connectivity index (χ1) is 13.4. The number of imidazole rings is 1. The van der Waals surface area contributed by atoms with Gasteiger partial charge in [0.2, 0.25) is 5.95 Å². The fourth-order valence-corrected chi connectivity index (χ4v) is 3.50. The molecule has 2 aromatic heterocycles. The van der Waals surface area contributed by atoms with E-state index in [1.165, 1.54) is 4.57 Å². The number of aromatic amines is 1. The maximum Gasteiger partial charge on any atom is 1.00 e. The second-order valence-corrected chi connectivity index (χ2v) is 9.86. The van der Waals surface area contributed by atoms with Crippen LogP contribution in [0.3, 0.4) is 0 Å². The zero-order valence-electron chi connectivity index (χ0n) is 18.7. The van der Waals surface area contributed by atoms with Crippen LogP contribution in [0.5, 0.6) is 0 Å². The van der Waals surface area contributed by atoms with Gasteiger partial charge in [0.05, 0.1) is 26.2 Å². The van der Waals surface area contributed by atoms with Crippen LogP contribution in [0.2, 0.25) is 0 Å². The summed E-state index contributed by atoms with van der Waals surface area (Å²) in [5.41, 5.74) is 5.09. The number of nitrogen functional groups attached to an aromatic ring is 1. The minimum Gasteiger partial charge on any atom is -0.811 e. The average Bonchev–Trinajstić information content (AvgIpc) is 2.86. The largest absolute Gasteiger partial charge is 1.00 e. The first-order valence-corrected chi connectivity index (χ1v) is 12.2. The number of rotatable bonds is 11. The van der Waals surface area contributed by atoms with Gasteiger partial charge in [0.1, 0.15) is 0 Å². The van der Waals surface area contributed by atoms with Crippen LogP contribution < -0.4 is 149 Å². The van der Waals surface area contributed by atoms with Crippen molar-refractivity contribution < 1.29 is 156 Å². The van der Waals surface area contributed by atoms with Gasteiger partial charge in [-0.25, -0.2) is 4.98 Å². The third-order valence-corrected chi connectivity index (χ3v) is 5.32. The van der Waals surface area contributed by atoms with Crippen molar-refractivity contribution in [1.82, 2.24) is 19.5 Å². The number of ether oxygens (including phenoxy) is 2. The predicted octanol–water partition coefficient (Wildman–Crippen LogP) is -15.1. The molecule has 0 aliphatic heterocycles. The minimum atomic E-state index is -4.89. The Kier molecular flexibility index (Phi) is 22.2. The van der Waals surface area contributed by atoms with Crippen molar-refractivity contribution in [2.24, 2.45) is 5.92 Å². The topological polar surface area (TPSA) is 234 Å². The van der Waals surface area contributed by atoms with Crippen LogP contribution in [0.1, 0.15) is 0 Å². The average molecular weight is 608 g/mol. The van der Waals surface area contributed by atoms with E-state index in [1.807, 2.05) is 0 Å². The van der Waals surface area contributed by atoms with Crippen molar-refractivity contribution in [3.8, 4) is 0 Å². The standard InChI is InChI=1S/C12H20BrN5O9P2.4Na/c13-11-15-8-9(16-12(14)17-10(8)19)18(11)3-7(5-27-6-29(23,24)25)4-26-1-2-28(20,21)22;;;;/h7H,1-6H2,(H2,20,21,22)(H2,23,24,25)(H3,14,16,17,19);;;;/q;4*+1/p-4. The molecular formula is C12H16BrN5Na4O9P2. The number of hydrogen-bond acceptors (Lipinski definition) is 12. The summed E-state index contributed by atoms with van der Waals surface area (Å²) in [4.78, 5) is 65.1. The molecule has 21 heteroatoms. The number of nitrogens with one attached hydrogen (secondary N) is 1. The Morgan fingerprint density at radius 1 is 1.03 bits per heavy atom. The molecule has 0 aliphatic carbocycles. The Morgan fingerprint density at radius 3 is 2.15 bits per heavy atom. The molecule has 14 nitrogen and oxygen atoms in total. The van der Waals surface area contributed by atoms with Crippen LogP contribution >= 0.6 is 31.1 Å². The molecular weight excluding hydrogens is 592 g/mol. The van der Waals surface area contributed by atoms with E-state index in [9.17, 15) is 33.5 Å². The zero-order chi connectivity index (χ0) is 21.8. The summed E-state index contributed by atoms with van der Waals surface area (Å²) in [5.74, 6) is -0.768. The van der Waals surface area contributed by atoms with Crippen molar-refractivity contribution >= 4 is 48.2 Å². The molecule has 0 aromatic carbocycles. The fraction of sp³-hybridized carbons (Fsp3) is 0.583. The van der Waals surface area contributed by atoms with Gasteiger partial charge in [-0.1, -0.05) is 7.60 Å². The van der Waals surface area contributed by atoms with E-state index in [2.05, 4.69) is 30.9 Å². The first-order valence-electron chi connectivity index (χ1n) is 7.95. The molecule has 0 bridgehead atoms. The quantitative estimate of drug-likeness (QED) is 0.105. The molecule has 0 saturated carbocycles. The number of nitrogens with zero attached hydrogens (tertiary/aromatic N) is 3. The van der Waals surface area contributed by atoms with Crippen molar-refractivity contribution in [1.29, 1.82) is 0 Å². The summed E-state index contributed by atoms with van der Waals surface area (Å²) < 4.78 is 33.1. The fourth-order valence-electron chi connectivity index (χ4n) is 2.33. The van der Waals surface area contributed by atoms with E-state index in [4.69, 9.17) is 15.2 Å². The number of aromatic nitrogens is 4. The molecule has 0 amide bonds. The Labute approximate surface area is 285 Å². The smallest absolute Gasteiger partial charge is 0.811 e. The first kappa shape index (κ1) is 40.3. The van der Waals surface area contributed by atoms with Crippen LogP contribution in [0.4, 0.5) is 5.95 Å². The van der Waals surface area contributed by atoms with Gasteiger partial charge in [-0.15, -0.1) is 0 Å². The summed E-state index contributed by atoms with van der Waals surface area (Å²) in [5, 5.41) is 0. The molecule has 2 aromatic rings. The molecule has 0 aliphatic rings. The van der Waals surface area contributed by atoms with Gasteiger partial charge in [-0.05, 0) is 29.7 Å². The van der Waals surface area contributed by atoms with Crippen LogP contribution in [0.15, 0.2) is 9.53 Å². The molecule has 33 heavy (non-hydrogen) atoms.